The molecule has 0 radical (unpaired) electrons. The Morgan fingerprint density at radius 1 is 1.00 bits per heavy atom. The topological polar surface area (TPSA) is 94.2 Å². The Hall–Kier alpha value is -2.62. The molecule has 2 aliphatic heterocycles. The summed E-state index contributed by atoms with van der Waals surface area (Å²) in [6.45, 7) is 2.54. The minimum atomic E-state index is -3.66. The minimum absolute atomic E-state index is 0.0980. The molecule has 1 saturated heterocycles. The highest BCUT2D eigenvalue weighted by atomic mass is 32.2. The van der Waals surface area contributed by atoms with Crippen LogP contribution in [0.25, 0.3) is 0 Å². The summed E-state index contributed by atoms with van der Waals surface area (Å²) in [5, 5.41) is 2.82. The number of hydrogen-bond donors (Lipinski definition) is 1. The van der Waals surface area contributed by atoms with Gasteiger partial charge in [-0.3, -0.25) is 4.79 Å². The maximum atomic E-state index is 12.8. The van der Waals surface area contributed by atoms with Crippen molar-refractivity contribution in [2.24, 2.45) is 0 Å². The molecule has 2 heterocycles. The molecule has 1 fully saturated rings. The minimum Gasteiger partial charge on any atom is -0.486 e. The molecule has 0 aliphatic carbocycles. The van der Waals surface area contributed by atoms with Crippen molar-refractivity contribution in [3.8, 4) is 11.5 Å². The second kappa shape index (κ2) is 8.40. The number of benzene rings is 2. The maximum Gasteiger partial charge on any atom is 0.251 e. The number of nitrogens with zero attached hydrogens (tertiary/aromatic N) is 1. The van der Waals surface area contributed by atoms with Crippen molar-refractivity contribution in [3.63, 3.8) is 0 Å². The standard InChI is InChI=1S/C20H22N2O6S/c23-20(21-14-16-4-2-6-18-19(16)28-12-11-27-18)15-3-1-5-17(13-15)29(24,25)22-7-9-26-10-8-22/h1-6,13H,7-12,14H2,(H,21,23). The van der Waals surface area contributed by atoms with Gasteiger partial charge >= 0.3 is 0 Å². The van der Waals surface area contributed by atoms with Gasteiger partial charge in [0.2, 0.25) is 10.0 Å². The molecular formula is C20H22N2O6S. The van der Waals surface area contributed by atoms with Crippen LogP contribution in [0.15, 0.2) is 47.4 Å². The Labute approximate surface area is 169 Å². The Bertz CT molecular complexity index is 1000. The van der Waals surface area contributed by atoms with E-state index in [1.807, 2.05) is 18.2 Å². The van der Waals surface area contributed by atoms with Crippen molar-refractivity contribution in [2.45, 2.75) is 11.4 Å². The van der Waals surface area contributed by atoms with Crippen LogP contribution >= 0.6 is 0 Å². The van der Waals surface area contributed by atoms with Gasteiger partial charge in [0.05, 0.1) is 18.1 Å². The molecule has 0 spiro atoms. The average molecular weight is 418 g/mol. The first kappa shape index (κ1) is 19.7. The van der Waals surface area contributed by atoms with Crippen LogP contribution in [0.1, 0.15) is 15.9 Å². The number of fused-ring (bicyclic) bond motifs is 1. The number of hydrogen-bond acceptors (Lipinski definition) is 6. The smallest absolute Gasteiger partial charge is 0.251 e. The third kappa shape index (κ3) is 4.21. The van der Waals surface area contributed by atoms with E-state index in [1.165, 1.54) is 16.4 Å². The van der Waals surface area contributed by atoms with E-state index < -0.39 is 10.0 Å². The zero-order chi connectivity index (χ0) is 20.3. The van der Waals surface area contributed by atoms with Crippen LogP contribution in [0, 0.1) is 0 Å². The molecule has 2 aliphatic rings. The van der Waals surface area contributed by atoms with Gasteiger partial charge in [-0.15, -0.1) is 0 Å². The lowest BCUT2D eigenvalue weighted by Gasteiger charge is -2.26. The molecule has 2 aromatic carbocycles. The molecule has 1 amide bonds. The number of morpholine rings is 1. The fourth-order valence-corrected chi connectivity index (χ4v) is 4.74. The summed E-state index contributed by atoms with van der Waals surface area (Å²) in [7, 11) is -3.66. The van der Waals surface area contributed by atoms with Crippen LogP contribution in [0.4, 0.5) is 0 Å². The van der Waals surface area contributed by atoms with Crippen molar-refractivity contribution in [2.75, 3.05) is 39.5 Å². The second-order valence-electron chi connectivity index (χ2n) is 6.67. The zero-order valence-electron chi connectivity index (χ0n) is 15.8. The molecule has 0 atom stereocenters. The van der Waals surface area contributed by atoms with Crippen molar-refractivity contribution in [1.29, 1.82) is 0 Å². The molecule has 0 unspecified atom stereocenters. The van der Waals surface area contributed by atoms with Gasteiger partial charge in [-0.25, -0.2) is 8.42 Å². The van der Waals surface area contributed by atoms with E-state index in [1.54, 1.807) is 12.1 Å². The highest BCUT2D eigenvalue weighted by molar-refractivity contribution is 7.89. The van der Waals surface area contributed by atoms with Crippen molar-refractivity contribution >= 4 is 15.9 Å². The molecule has 154 valence electrons. The van der Waals surface area contributed by atoms with E-state index in [0.29, 0.717) is 51.0 Å². The molecule has 9 heteroatoms. The number of amides is 1. The number of para-hydroxylation sites is 1. The molecule has 4 rings (SSSR count). The number of ether oxygens (including phenoxy) is 3. The van der Waals surface area contributed by atoms with Crippen LogP contribution in [-0.4, -0.2) is 58.1 Å². The summed E-state index contributed by atoms with van der Waals surface area (Å²) >= 11 is 0. The Kier molecular flexibility index (Phi) is 5.70. The predicted octanol–water partition coefficient (Wildman–Crippen LogP) is 1.41. The Morgan fingerprint density at radius 2 is 1.76 bits per heavy atom. The fraction of sp³-hybridized carbons (Fsp3) is 0.350. The van der Waals surface area contributed by atoms with Gasteiger partial charge in [0.25, 0.3) is 5.91 Å². The first-order valence-electron chi connectivity index (χ1n) is 9.39. The predicted molar refractivity (Wildman–Crippen MR) is 105 cm³/mol. The van der Waals surface area contributed by atoms with E-state index in [4.69, 9.17) is 14.2 Å². The summed E-state index contributed by atoms with van der Waals surface area (Å²) in [5.74, 6) is 0.919. The van der Waals surface area contributed by atoms with Gasteiger partial charge in [-0.05, 0) is 24.3 Å². The molecule has 2 aromatic rings. The van der Waals surface area contributed by atoms with Gasteiger partial charge in [0.1, 0.15) is 13.2 Å². The number of sulfonamides is 1. The zero-order valence-corrected chi connectivity index (χ0v) is 16.6. The number of carbonyl (C=O) groups is 1. The third-order valence-electron chi connectivity index (χ3n) is 4.79. The van der Waals surface area contributed by atoms with Gasteiger partial charge < -0.3 is 19.5 Å². The maximum absolute atomic E-state index is 12.8. The third-order valence-corrected chi connectivity index (χ3v) is 6.69. The van der Waals surface area contributed by atoms with Crippen LogP contribution in [0.3, 0.4) is 0 Å². The van der Waals surface area contributed by atoms with Crippen LogP contribution in [0.5, 0.6) is 11.5 Å². The van der Waals surface area contributed by atoms with Gasteiger partial charge in [0, 0.05) is 30.8 Å². The van der Waals surface area contributed by atoms with E-state index in [-0.39, 0.29) is 22.9 Å². The highest BCUT2D eigenvalue weighted by Crippen LogP contribution is 2.33. The first-order chi connectivity index (χ1) is 14.1. The van der Waals surface area contributed by atoms with Gasteiger partial charge in [-0.1, -0.05) is 18.2 Å². The van der Waals surface area contributed by atoms with Gasteiger partial charge in [-0.2, -0.15) is 4.31 Å². The fourth-order valence-electron chi connectivity index (χ4n) is 3.28. The number of nitrogens with one attached hydrogen (secondary N) is 1. The molecule has 0 aromatic heterocycles. The summed E-state index contributed by atoms with van der Waals surface area (Å²) < 4.78 is 43.4. The number of rotatable bonds is 5. The Balaban J connectivity index is 1.48. The van der Waals surface area contributed by atoms with Crippen molar-refractivity contribution in [1.82, 2.24) is 9.62 Å². The first-order valence-corrected chi connectivity index (χ1v) is 10.8. The lowest BCUT2D eigenvalue weighted by Crippen LogP contribution is -2.40. The highest BCUT2D eigenvalue weighted by Gasteiger charge is 2.27. The summed E-state index contributed by atoms with van der Waals surface area (Å²) in [6.07, 6.45) is 0. The summed E-state index contributed by atoms with van der Waals surface area (Å²) in [6, 6.07) is 11.6. The van der Waals surface area contributed by atoms with Gasteiger partial charge in [0.15, 0.2) is 11.5 Å². The number of carbonyl (C=O) groups excluding carboxylic acids is 1. The van der Waals surface area contributed by atoms with E-state index in [2.05, 4.69) is 5.32 Å². The molecule has 0 saturated carbocycles. The van der Waals surface area contributed by atoms with E-state index in [0.717, 1.165) is 5.56 Å². The van der Waals surface area contributed by atoms with E-state index in [9.17, 15) is 13.2 Å². The van der Waals surface area contributed by atoms with Crippen LogP contribution < -0.4 is 14.8 Å². The van der Waals surface area contributed by atoms with Crippen molar-refractivity contribution in [3.05, 3.63) is 53.6 Å². The Morgan fingerprint density at radius 3 is 2.59 bits per heavy atom. The quantitative estimate of drug-likeness (QED) is 0.789. The molecule has 8 nitrogen and oxygen atoms in total. The van der Waals surface area contributed by atoms with Crippen LogP contribution in [0.2, 0.25) is 0 Å². The van der Waals surface area contributed by atoms with Crippen LogP contribution in [-0.2, 0) is 21.3 Å². The molecular weight excluding hydrogens is 396 g/mol. The van der Waals surface area contributed by atoms with Crippen molar-refractivity contribution < 1.29 is 27.4 Å². The summed E-state index contributed by atoms with van der Waals surface area (Å²) in [4.78, 5) is 12.7. The molecule has 29 heavy (non-hydrogen) atoms. The largest absolute Gasteiger partial charge is 0.486 e. The van der Waals surface area contributed by atoms with E-state index >= 15 is 0 Å². The second-order valence-corrected chi connectivity index (χ2v) is 8.61. The normalized spacial score (nSPS) is 17.0. The molecule has 1 N–H and O–H groups in total. The SMILES string of the molecule is O=C(NCc1cccc2c1OCCO2)c1cccc(S(=O)(=O)N2CCOCC2)c1. The lowest BCUT2D eigenvalue weighted by molar-refractivity contribution is 0.0730. The lowest BCUT2D eigenvalue weighted by atomic mass is 10.1. The average Bonchev–Trinajstić information content (AvgIpc) is 2.78. The molecule has 0 bridgehead atoms. The summed E-state index contributed by atoms with van der Waals surface area (Å²) in [5.41, 5.74) is 1.08. The monoisotopic (exact) mass is 418 g/mol.